The van der Waals surface area contributed by atoms with Gasteiger partial charge in [0.2, 0.25) is 0 Å². The van der Waals surface area contributed by atoms with Crippen LogP contribution in [0.1, 0.15) is 5.56 Å². The molecule has 1 aromatic carbocycles. The van der Waals surface area contributed by atoms with Gasteiger partial charge in [0, 0.05) is 18.2 Å². The smallest absolute Gasteiger partial charge is 0.139 e. The Morgan fingerprint density at radius 2 is 2.25 bits per heavy atom. The first kappa shape index (κ1) is 11.0. The quantitative estimate of drug-likeness (QED) is 0.850. The molecular formula is C11H10BrFN2O. The first-order valence-corrected chi connectivity index (χ1v) is 5.45. The Hall–Kier alpha value is -1.49. The number of furan rings is 1. The summed E-state index contributed by atoms with van der Waals surface area (Å²) in [5.74, 6) is -0.344. The molecule has 0 aliphatic carbocycles. The van der Waals surface area contributed by atoms with Crippen LogP contribution in [0, 0.1) is 5.82 Å². The molecule has 0 radical (unpaired) electrons. The number of nitrogens with two attached hydrogens (primary N) is 1. The molecule has 0 atom stereocenters. The van der Waals surface area contributed by atoms with E-state index in [9.17, 15) is 4.39 Å². The van der Waals surface area contributed by atoms with Crippen LogP contribution < -0.4 is 11.1 Å². The molecule has 1 aromatic heterocycles. The highest BCUT2D eigenvalue weighted by Gasteiger charge is 2.05. The maximum absolute atomic E-state index is 13.3. The summed E-state index contributed by atoms with van der Waals surface area (Å²) in [5.41, 5.74) is 7.79. The lowest BCUT2D eigenvalue weighted by atomic mass is 10.2. The number of anilines is 2. The van der Waals surface area contributed by atoms with Gasteiger partial charge in [0.1, 0.15) is 5.82 Å². The molecule has 0 fully saturated rings. The summed E-state index contributed by atoms with van der Waals surface area (Å²) >= 11 is 3.07. The Labute approximate surface area is 101 Å². The maximum Gasteiger partial charge on any atom is 0.139 e. The van der Waals surface area contributed by atoms with E-state index in [2.05, 4.69) is 21.2 Å². The van der Waals surface area contributed by atoms with Gasteiger partial charge < -0.3 is 15.5 Å². The van der Waals surface area contributed by atoms with Crippen molar-refractivity contribution in [3.8, 4) is 0 Å². The molecule has 0 aliphatic rings. The number of rotatable bonds is 3. The van der Waals surface area contributed by atoms with Crippen LogP contribution in [0.2, 0.25) is 0 Å². The van der Waals surface area contributed by atoms with Gasteiger partial charge in [0.05, 0.1) is 28.4 Å². The molecule has 2 rings (SSSR count). The van der Waals surface area contributed by atoms with E-state index in [1.54, 1.807) is 12.5 Å². The molecule has 0 saturated carbocycles. The van der Waals surface area contributed by atoms with E-state index >= 15 is 0 Å². The summed E-state index contributed by atoms with van der Waals surface area (Å²) in [5, 5.41) is 3.04. The molecule has 0 spiro atoms. The monoisotopic (exact) mass is 284 g/mol. The lowest BCUT2D eigenvalue weighted by Crippen LogP contribution is -2.02. The van der Waals surface area contributed by atoms with Crippen molar-refractivity contribution in [1.29, 1.82) is 0 Å². The average Bonchev–Trinajstić information content (AvgIpc) is 2.74. The van der Waals surface area contributed by atoms with Crippen molar-refractivity contribution in [3.05, 3.63) is 46.6 Å². The largest absolute Gasteiger partial charge is 0.472 e. The molecule has 0 amide bonds. The van der Waals surface area contributed by atoms with Crippen LogP contribution >= 0.6 is 15.9 Å². The Morgan fingerprint density at radius 3 is 2.94 bits per heavy atom. The van der Waals surface area contributed by atoms with Gasteiger partial charge in [-0.1, -0.05) is 0 Å². The fraction of sp³-hybridized carbons (Fsp3) is 0.0909. The first-order valence-electron chi connectivity index (χ1n) is 4.66. The third-order valence-corrected chi connectivity index (χ3v) is 2.76. The zero-order chi connectivity index (χ0) is 11.5. The van der Waals surface area contributed by atoms with E-state index in [4.69, 9.17) is 10.2 Å². The van der Waals surface area contributed by atoms with Crippen LogP contribution in [0.4, 0.5) is 15.8 Å². The maximum atomic E-state index is 13.3. The van der Waals surface area contributed by atoms with Crippen LogP contribution in [0.3, 0.4) is 0 Å². The van der Waals surface area contributed by atoms with Crippen LogP contribution in [0.15, 0.2) is 39.6 Å². The fourth-order valence-electron chi connectivity index (χ4n) is 1.31. The number of nitrogens with one attached hydrogen (secondary N) is 1. The SMILES string of the molecule is Nc1cc(Br)c(F)cc1NCc1ccoc1. The van der Waals surface area contributed by atoms with Gasteiger partial charge in [-0.25, -0.2) is 4.39 Å². The molecule has 0 bridgehead atoms. The molecule has 2 aromatic rings. The second-order valence-electron chi connectivity index (χ2n) is 3.34. The van der Waals surface area contributed by atoms with E-state index < -0.39 is 0 Å². The van der Waals surface area contributed by atoms with E-state index in [-0.39, 0.29) is 5.82 Å². The van der Waals surface area contributed by atoms with Gasteiger partial charge in [-0.3, -0.25) is 0 Å². The number of nitrogen functional groups attached to an aromatic ring is 1. The molecule has 5 heteroatoms. The molecule has 0 aliphatic heterocycles. The average molecular weight is 285 g/mol. The minimum atomic E-state index is -0.344. The summed E-state index contributed by atoms with van der Waals surface area (Å²) in [6.45, 7) is 0.543. The molecule has 84 valence electrons. The van der Waals surface area contributed by atoms with Crippen molar-refractivity contribution in [3.63, 3.8) is 0 Å². The topological polar surface area (TPSA) is 51.2 Å². The standard InChI is InChI=1S/C11H10BrFN2O/c12-8-3-10(14)11(4-9(8)13)15-5-7-1-2-16-6-7/h1-4,6,15H,5,14H2. The van der Waals surface area contributed by atoms with Crippen molar-refractivity contribution in [1.82, 2.24) is 0 Å². The summed E-state index contributed by atoms with van der Waals surface area (Å²) in [6, 6.07) is 4.73. The predicted molar refractivity (Wildman–Crippen MR) is 64.5 cm³/mol. The highest BCUT2D eigenvalue weighted by molar-refractivity contribution is 9.10. The summed E-state index contributed by atoms with van der Waals surface area (Å²) in [7, 11) is 0. The number of hydrogen-bond acceptors (Lipinski definition) is 3. The van der Waals surface area contributed by atoms with Crippen LogP contribution in [-0.2, 0) is 6.54 Å². The Bertz CT molecular complexity index is 485. The fourth-order valence-corrected chi connectivity index (χ4v) is 1.67. The second kappa shape index (κ2) is 4.57. The van der Waals surface area contributed by atoms with Gasteiger partial charge in [0.25, 0.3) is 0 Å². The van der Waals surface area contributed by atoms with Crippen molar-refractivity contribution < 1.29 is 8.81 Å². The third-order valence-electron chi connectivity index (χ3n) is 2.16. The third kappa shape index (κ3) is 2.36. The van der Waals surface area contributed by atoms with Gasteiger partial charge in [-0.15, -0.1) is 0 Å². The first-order chi connectivity index (χ1) is 7.66. The molecule has 1 heterocycles. The van der Waals surface area contributed by atoms with Crippen molar-refractivity contribution in [2.75, 3.05) is 11.1 Å². The number of halogens is 2. The van der Waals surface area contributed by atoms with Gasteiger partial charge in [0.15, 0.2) is 0 Å². The minimum Gasteiger partial charge on any atom is -0.472 e. The number of hydrogen-bond donors (Lipinski definition) is 2. The zero-order valence-corrected chi connectivity index (χ0v) is 9.92. The molecule has 3 nitrogen and oxygen atoms in total. The zero-order valence-electron chi connectivity index (χ0n) is 8.34. The van der Waals surface area contributed by atoms with Gasteiger partial charge >= 0.3 is 0 Å². The molecule has 3 N–H and O–H groups in total. The predicted octanol–water partition coefficient (Wildman–Crippen LogP) is 3.38. The van der Waals surface area contributed by atoms with E-state index in [1.165, 1.54) is 12.1 Å². The Morgan fingerprint density at radius 1 is 1.44 bits per heavy atom. The summed E-state index contributed by atoms with van der Waals surface area (Å²) in [6.07, 6.45) is 3.21. The normalized spacial score (nSPS) is 10.4. The van der Waals surface area contributed by atoms with Crippen LogP contribution in [0.5, 0.6) is 0 Å². The van der Waals surface area contributed by atoms with Crippen molar-refractivity contribution >= 4 is 27.3 Å². The summed E-state index contributed by atoms with van der Waals surface area (Å²) in [4.78, 5) is 0. The highest BCUT2D eigenvalue weighted by Crippen LogP contribution is 2.26. The van der Waals surface area contributed by atoms with Crippen molar-refractivity contribution in [2.45, 2.75) is 6.54 Å². The van der Waals surface area contributed by atoms with Crippen molar-refractivity contribution in [2.24, 2.45) is 0 Å². The molecule has 0 unspecified atom stereocenters. The molecule has 16 heavy (non-hydrogen) atoms. The van der Waals surface area contributed by atoms with E-state index in [1.807, 2.05) is 6.07 Å². The van der Waals surface area contributed by atoms with E-state index in [0.717, 1.165) is 5.56 Å². The highest BCUT2D eigenvalue weighted by atomic mass is 79.9. The Balaban J connectivity index is 2.12. The van der Waals surface area contributed by atoms with Crippen LogP contribution in [-0.4, -0.2) is 0 Å². The van der Waals surface area contributed by atoms with Crippen LogP contribution in [0.25, 0.3) is 0 Å². The molecule has 0 saturated heterocycles. The summed E-state index contributed by atoms with van der Waals surface area (Å²) < 4.78 is 18.5. The van der Waals surface area contributed by atoms with Gasteiger partial charge in [-0.2, -0.15) is 0 Å². The molecular weight excluding hydrogens is 275 g/mol. The van der Waals surface area contributed by atoms with Gasteiger partial charge in [-0.05, 0) is 28.1 Å². The second-order valence-corrected chi connectivity index (χ2v) is 4.19. The number of benzene rings is 1. The Kier molecular flexibility index (Phi) is 3.14. The lowest BCUT2D eigenvalue weighted by Gasteiger charge is -2.09. The lowest BCUT2D eigenvalue weighted by molar-refractivity contribution is 0.564. The minimum absolute atomic E-state index is 0.344. The van der Waals surface area contributed by atoms with E-state index in [0.29, 0.717) is 22.4 Å².